The van der Waals surface area contributed by atoms with Gasteiger partial charge in [-0.05, 0) is 30.4 Å². The summed E-state index contributed by atoms with van der Waals surface area (Å²) in [5.74, 6) is -3.78. The summed E-state index contributed by atoms with van der Waals surface area (Å²) in [4.78, 5) is 13.6. The summed E-state index contributed by atoms with van der Waals surface area (Å²) < 4.78 is 34.1. The third kappa shape index (κ3) is 1.78. The molecule has 2 N–H and O–H groups in total. The van der Waals surface area contributed by atoms with Gasteiger partial charge in [0.15, 0.2) is 5.54 Å². The van der Waals surface area contributed by atoms with E-state index in [1.165, 1.54) is 6.07 Å². The average molecular weight is 297 g/mol. The molecule has 6 nitrogen and oxygen atoms in total. The van der Waals surface area contributed by atoms with Crippen molar-refractivity contribution in [2.45, 2.75) is 37.0 Å². The molecule has 21 heavy (non-hydrogen) atoms. The summed E-state index contributed by atoms with van der Waals surface area (Å²) >= 11 is 0. The fourth-order valence-corrected chi connectivity index (χ4v) is 3.13. The van der Waals surface area contributed by atoms with Gasteiger partial charge in [-0.1, -0.05) is 24.3 Å². The molecule has 8 heteroatoms. The SMILES string of the molecule is NC1=N[C@@]2(CCCc3ccccc32)C(F)(F)C([N+](=O)[O-])O1. The first-order valence-electron chi connectivity index (χ1n) is 6.50. The van der Waals surface area contributed by atoms with Crippen LogP contribution in [0.25, 0.3) is 0 Å². The van der Waals surface area contributed by atoms with Crippen LogP contribution in [0.15, 0.2) is 29.3 Å². The number of nitro groups is 1. The van der Waals surface area contributed by atoms with E-state index in [9.17, 15) is 18.9 Å². The van der Waals surface area contributed by atoms with Gasteiger partial charge in [0.05, 0.1) is 4.92 Å². The van der Waals surface area contributed by atoms with E-state index in [1.807, 2.05) is 0 Å². The monoisotopic (exact) mass is 297 g/mol. The Balaban J connectivity index is 2.24. The number of alkyl halides is 2. The van der Waals surface area contributed by atoms with Crippen LogP contribution in [-0.4, -0.2) is 23.1 Å². The molecule has 1 heterocycles. The Labute approximate surface area is 118 Å². The first kappa shape index (κ1) is 13.7. The highest BCUT2D eigenvalue weighted by atomic mass is 19.3. The molecular weight excluding hydrogens is 284 g/mol. The van der Waals surface area contributed by atoms with Gasteiger partial charge < -0.3 is 10.5 Å². The number of ether oxygens (including phenoxy) is 1. The van der Waals surface area contributed by atoms with Crippen molar-refractivity contribution in [1.82, 2.24) is 0 Å². The van der Waals surface area contributed by atoms with Gasteiger partial charge in [0.1, 0.15) is 0 Å². The van der Waals surface area contributed by atoms with Crippen LogP contribution in [0.2, 0.25) is 0 Å². The van der Waals surface area contributed by atoms with Crippen LogP contribution in [0.1, 0.15) is 24.0 Å². The minimum absolute atomic E-state index is 0.00852. The fourth-order valence-electron chi connectivity index (χ4n) is 3.13. The standard InChI is InChI=1S/C13H13F2N3O3/c14-13(15)10(18(19)20)21-11(16)17-12(13)7-3-5-8-4-1-2-6-9(8)12/h1-2,4,6,10H,3,5,7H2,(H2,16,17)/t10?,12-/m1/s1. The van der Waals surface area contributed by atoms with Gasteiger partial charge in [0, 0.05) is 0 Å². The van der Waals surface area contributed by atoms with E-state index < -0.39 is 28.6 Å². The van der Waals surface area contributed by atoms with E-state index in [0.717, 1.165) is 0 Å². The summed E-state index contributed by atoms with van der Waals surface area (Å²) in [6, 6.07) is 6.05. The van der Waals surface area contributed by atoms with Crippen molar-refractivity contribution in [3.05, 3.63) is 45.5 Å². The predicted octanol–water partition coefficient (Wildman–Crippen LogP) is 1.80. The Morgan fingerprint density at radius 3 is 2.86 bits per heavy atom. The number of fused-ring (bicyclic) bond motifs is 2. The number of benzene rings is 1. The highest BCUT2D eigenvalue weighted by molar-refractivity contribution is 5.73. The second kappa shape index (κ2) is 4.37. The van der Waals surface area contributed by atoms with Crippen molar-refractivity contribution >= 4 is 6.02 Å². The first-order valence-corrected chi connectivity index (χ1v) is 6.50. The van der Waals surface area contributed by atoms with E-state index in [1.54, 1.807) is 18.2 Å². The maximum Gasteiger partial charge on any atom is 0.422 e. The fraction of sp³-hybridized carbons (Fsp3) is 0.462. The lowest BCUT2D eigenvalue weighted by Crippen LogP contribution is -2.61. The molecule has 0 radical (unpaired) electrons. The van der Waals surface area contributed by atoms with Gasteiger partial charge in [0.2, 0.25) is 0 Å². The van der Waals surface area contributed by atoms with Gasteiger partial charge in [-0.15, -0.1) is 0 Å². The summed E-state index contributed by atoms with van der Waals surface area (Å²) in [6.45, 7) is 0. The van der Waals surface area contributed by atoms with Crippen LogP contribution in [0.4, 0.5) is 8.78 Å². The van der Waals surface area contributed by atoms with Gasteiger partial charge in [0.25, 0.3) is 6.02 Å². The molecule has 1 aliphatic carbocycles. The Morgan fingerprint density at radius 2 is 2.14 bits per heavy atom. The van der Waals surface area contributed by atoms with Crippen LogP contribution >= 0.6 is 0 Å². The van der Waals surface area contributed by atoms with E-state index in [0.29, 0.717) is 24.0 Å². The van der Waals surface area contributed by atoms with E-state index in [2.05, 4.69) is 9.73 Å². The van der Waals surface area contributed by atoms with Gasteiger partial charge >= 0.3 is 12.2 Å². The van der Waals surface area contributed by atoms with Crippen molar-refractivity contribution in [2.24, 2.45) is 10.7 Å². The number of nitrogens with zero attached hydrogens (tertiary/aromatic N) is 2. The molecule has 2 atom stereocenters. The molecule has 1 unspecified atom stereocenters. The Morgan fingerprint density at radius 1 is 1.43 bits per heavy atom. The number of rotatable bonds is 1. The van der Waals surface area contributed by atoms with Gasteiger partial charge in [-0.25, -0.2) is 4.99 Å². The van der Waals surface area contributed by atoms with Crippen LogP contribution < -0.4 is 5.73 Å². The maximum absolute atomic E-state index is 14.8. The van der Waals surface area contributed by atoms with Gasteiger partial charge in [-0.2, -0.15) is 8.78 Å². The van der Waals surface area contributed by atoms with Gasteiger partial charge in [-0.3, -0.25) is 10.1 Å². The van der Waals surface area contributed by atoms with E-state index in [4.69, 9.17) is 5.73 Å². The summed E-state index contributed by atoms with van der Waals surface area (Å²) in [5, 5.41) is 10.9. The Kier molecular flexibility index (Phi) is 2.86. The van der Waals surface area contributed by atoms with Crippen LogP contribution in [-0.2, 0) is 16.7 Å². The van der Waals surface area contributed by atoms with Crippen molar-refractivity contribution in [2.75, 3.05) is 0 Å². The minimum atomic E-state index is -3.78. The number of halogens is 2. The summed E-state index contributed by atoms with van der Waals surface area (Å²) in [5.41, 5.74) is 4.41. The molecule has 1 aromatic carbocycles. The van der Waals surface area contributed by atoms with Crippen molar-refractivity contribution < 1.29 is 18.4 Å². The molecule has 0 saturated carbocycles. The van der Waals surface area contributed by atoms with Crippen molar-refractivity contribution in [1.29, 1.82) is 0 Å². The van der Waals surface area contributed by atoms with Crippen LogP contribution in [0.3, 0.4) is 0 Å². The molecule has 112 valence electrons. The van der Waals surface area contributed by atoms with Crippen molar-refractivity contribution in [3.63, 3.8) is 0 Å². The predicted molar refractivity (Wildman–Crippen MR) is 69.5 cm³/mol. The Bertz CT molecular complexity index is 635. The van der Waals surface area contributed by atoms with Crippen LogP contribution in [0, 0.1) is 10.1 Å². The second-order valence-corrected chi connectivity index (χ2v) is 5.20. The summed E-state index contributed by atoms with van der Waals surface area (Å²) in [7, 11) is 0. The molecule has 0 amide bonds. The lowest BCUT2D eigenvalue weighted by Gasteiger charge is -2.43. The van der Waals surface area contributed by atoms with Crippen LogP contribution in [0.5, 0.6) is 0 Å². The largest absolute Gasteiger partial charge is 0.422 e. The number of aliphatic imine (C=N–C) groups is 1. The normalized spacial score (nSPS) is 30.2. The lowest BCUT2D eigenvalue weighted by atomic mass is 9.72. The molecule has 1 aromatic rings. The smallest absolute Gasteiger partial charge is 0.393 e. The Hall–Kier alpha value is -2.25. The number of nitrogens with two attached hydrogens (primary N) is 1. The van der Waals surface area contributed by atoms with E-state index >= 15 is 0 Å². The quantitative estimate of drug-likeness (QED) is 0.632. The maximum atomic E-state index is 14.8. The zero-order chi connectivity index (χ0) is 15.3. The highest BCUT2D eigenvalue weighted by Gasteiger charge is 2.70. The third-order valence-corrected chi connectivity index (χ3v) is 4.03. The number of aryl methyl sites for hydroxylation is 1. The average Bonchev–Trinajstić information content (AvgIpc) is 2.43. The molecule has 3 rings (SSSR count). The zero-order valence-electron chi connectivity index (χ0n) is 11.0. The zero-order valence-corrected chi connectivity index (χ0v) is 11.0. The molecule has 0 fully saturated rings. The van der Waals surface area contributed by atoms with Crippen molar-refractivity contribution in [3.8, 4) is 0 Å². The van der Waals surface area contributed by atoms with E-state index in [-0.39, 0.29) is 6.42 Å². The molecule has 0 saturated heterocycles. The molecule has 1 aliphatic heterocycles. The third-order valence-electron chi connectivity index (χ3n) is 4.03. The number of amidine groups is 1. The summed E-state index contributed by atoms with van der Waals surface area (Å²) in [6.07, 6.45) is -1.45. The lowest BCUT2D eigenvalue weighted by molar-refractivity contribution is -0.602. The minimum Gasteiger partial charge on any atom is -0.393 e. The highest BCUT2D eigenvalue weighted by Crippen LogP contribution is 2.52. The molecule has 0 aromatic heterocycles. The molecule has 2 aliphatic rings. The molecule has 1 spiro atoms. The molecular formula is C13H13F2N3O3. The number of hydrogen-bond donors (Lipinski definition) is 1. The topological polar surface area (TPSA) is 90.8 Å². The second-order valence-electron chi connectivity index (χ2n) is 5.20. The molecule has 0 bridgehead atoms. The number of hydrogen-bond acceptors (Lipinski definition) is 5. The first-order chi connectivity index (χ1) is 9.88.